The zero-order valence-electron chi connectivity index (χ0n) is 9.75. The Balaban J connectivity index is 2.56. The predicted octanol–water partition coefficient (Wildman–Crippen LogP) is 0.0852. The summed E-state index contributed by atoms with van der Waals surface area (Å²) in [6, 6.07) is 0. The SMILES string of the molecule is C=C(CN1CCC(C)(C(=O)NC)C1)C(=O)O. The van der Waals surface area contributed by atoms with Crippen LogP contribution in [0.1, 0.15) is 13.3 Å². The number of carbonyl (C=O) groups excluding carboxylic acids is 1. The van der Waals surface area contributed by atoms with Crippen molar-refractivity contribution in [3.8, 4) is 0 Å². The summed E-state index contributed by atoms with van der Waals surface area (Å²) < 4.78 is 0. The van der Waals surface area contributed by atoms with Gasteiger partial charge in [0.25, 0.3) is 0 Å². The highest BCUT2D eigenvalue weighted by molar-refractivity contribution is 5.86. The molecule has 0 aromatic carbocycles. The van der Waals surface area contributed by atoms with Crippen molar-refractivity contribution in [1.29, 1.82) is 0 Å². The maximum absolute atomic E-state index is 11.6. The minimum absolute atomic E-state index is 0.0101. The van der Waals surface area contributed by atoms with E-state index in [1.165, 1.54) is 0 Å². The Hall–Kier alpha value is -1.36. The second-order valence-corrected chi connectivity index (χ2v) is 4.51. The number of rotatable bonds is 4. The Labute approximate surface area is 95.1 Å². The molecule has 90 valence electrons. The number of likely N-dealkylation sites (tertiary alicyclic amines) is 1. The minimum Gasteiger partial charge on any atom is -0.478 e. The van der Waals surface area contributed by atoms with Crippen LogP contribution >= 0.6 is 0 Å². The van der Waals surface area contributed by atoms with Gasteiger partial charge in [0.05, 0.1) is 5.41 Å². The number of hydrogen-bond donors (Lipinski definition) is 2. The molecule has 2 N–H and O–H groups in total. The number of aliphatic carboxylic acids is 1. The molecule has 5 nitrogen and oxygen atoms in total. The first-order valence-electron chi connectivity index (χ1n) is 5.24. The predicted molar refractivity (Wildman–Crippen MR) is 60.0 cm³/mol. The summed E-state index contributed by atoms with van der Waals surface area (Å²) in [5.74, 6) is -0.968. The Kier molecular flexibility index (Phi) is 3.70. The molecule has 1 unspecified atom stereocenters. The third kappa shape index (κ3) is 2.61. The number of amides is 1. The maximum Gasteiger partial charge on any atom is 0.332 e. The van der Waals surface area contributed by atoms with Gasteiger partial charge in [-0.2, -0.15) is 0 Å². The second-order valence-electron chi connectivity index (χ2n) is 4.51. The van der Waals surface area contributed by atoms with E-state index in [1.54, 1.807) is 7.05 Å². The summed E-state index contributed by atoms with van der Waals surface area (Å²) in [4.78, 5) is 24.2. The molecule has 0 aromatic heterocycles. The van der Waals surface area contributed by atoms with Crippen LogP contribution in [0.5, 0.6) is 0 Å². The third-order valence-electron chi connectivity index (χ3n) is 3.04. The van der Waals surface area contributed by atoms with Crippen LogP contribution < -0.4 is 5.32 Å². The molecule has 1 atom stereocenters. The fourth-order valence-electron chi connectivity index (χ4n) is 2.02. The summed E-state index contributed by atoms with van der Waals surface area (Å²) in [6.07, 6.45) is 0.750. The minimum atomic E-state index is -0.978. The van der Waals surface area contributed by atoms with Gasteiger partial charge in [0.2, 0.25) is 5.91 Å². The lowest BCUT2D eigenvalue weighted by atomic mass is 9.89. The molecule has 5 heteroatoms. The van der Waals surface area contributed by atoms with E-state index in [4.69, 9.17) is 5.11 Å². The Bertz CT molecular complexity index is 327. The lowest BCUT2D eigenvalue weighted by molar-refractivity contribution is -0.132. The molecule has 16 heavy (non-hydrogen) atoms. The van der Waals surface area contributed by atoms with Crippen LogP contribution in [-0.4, -0.2) is 48.6 Å². The van der Waals surface area contributed by atoms with E-state index in [2.05, 4.69) is 11.9 Å². The van der Waals surface area contributed by atoms with Crippen LogP contribution in [0, 0.1) is 5.41 Å². The summed E-state index contributed by atoms with van der Waals surface area (Å²) in [5, 5.41) is 11.4. The summed E-state index contributed by atoms with van der Waals surface area (Å²) in [7, 11) is 1.62. The summed E-state index contributed by atoms with van der Waals surface area (Å²) in [6.45, 7) is 7.02. The third-order valence-corrected chi connectivity index (χ3v) is 3.04. The number of carboxylic acids is 1. The molecular formula is C11H18N2O3. The largest absolute Gasteiger partial charge is 0.478 e. The average molecular weight is 226 g/mol. The molecule has 0 radical (unpaired) electrons. The molecule has 1 aliphatic heterocycles. The number of carboxylic acid groups (broad SMARTS) is 1. The van der Waals surface area contributed by atoms with Gasteiger partial charge in [0.1, 0.15) is 0 Å². The first kappa shape index (κ1) is 12.7. The van der Waals surface area contributed by atoms with E-state index < -0.39 is 11.4 Å². The van der Waals surface area contributed by atoms with Gasteiger partial charge in [-0.1, -0.05) is 6.58 Å². The van der Waals surface area contributed by atoms with Crippen LogP contribution in [0.4, 0.5) is 0 Å². The number of nitrogens with one attached hydrogen (secondary N) is 1. The van der Waals surface area contributed by atoms with Gasteiger partial charge >= 0.3 is 5.97 Å². The normalized spacial score (nSPS) is 25.4. The lowest BCUT2D eigenvalue weighted by Gasteiger charge is -2.22. The first-order chi connectivity index (χ1) is 7.39. The standard InChI is InChI=1S/C11H18N2O3/c1-8(9(14)15)6-13-5-4-11(2,7-13)10(16)12-3/h1,4-7H2,2-3H3,(H,12,16)(H,14,15). The second kappa shape index (κ2) is 4.65. The van der Waals surface area contributed by atoms with Crippen molar-refractivity contribution in [3.63, 3.8) is 0 Å². The molecule has 1 heterocycles. The number of carbonyl (C=O) groups is 2. The van der Waals surface area contributed by atoms with Crippen molar-refractivity contribution in [2.45, 2.75) is 13.3 Å². The van der Waals surface area contributed by atoms with Crippen molar-refractivity contribution in [2.24, 2.45) is 5.41 Å². The highest BCUT2D eigenvalue weighted by Gasteiger charge is 2.39. The molecule has 1 aliphatic rings. The Morgan fingerprint density at radius 2 is 2.19 bits per heavy atom. The van der Waals surface area contributed by atoms with E-state index in [0.29, 0.717) is 13.1 Å². The fourth-order valence-corrected chi connectivity index (χ4v) is 2.02. The van der Waals surface area contributed by atoms with Crippen molar-refractivity contribution in [1.82, 2.24) is 10.2 Å². The number of nitrogens with zero attached hydrogens (tertiary/aromatic N) is 1. The van der Waals surface area contributed by atoms with Crippen molar-refractivity contribution in [3.05, 3.63) is 12.2 Å². The van der Waals surface area contributed by atoms with E-state index in [1.807, 2.05) is 11.8 Å². The molecule has 1 amide bonds. The van der Waals surface area contributed by atoms with E-state index in [0.717, 1.165) is 13.0 Å². The average Bonchev–Trinajstić information content (AvgIpc) is 2.60. The summed E-state index contributed by atoms with van der Waals surface area (Å²) >= 11 is 0. The van der Waals surface area contributed by atoms with Gasteiger partial charge in [-0.05, 0) is 19.9 Å². The van der Waals surface area contributed by atoms with Gasteiger partial charge in [-0.25, -0.2) is 4.79 Å². The number of hydrogen-bond acceptors (Lipinski definition) is 3. The highest BCUT2D eigenvalue weighted by Crippen LogP contribution is 2.30. The van der Waals surface area contributed by atoms with Gasteiger partial charge < -0.3 is 10.4 Å². The van der Waals surface area contributed by atoms with Gasteiger partial charge in [-0.3, -0.25) is 9.69 Å². The molecule has 0 saturated carbocycles. The summed E-state index contributed by atoms with van der Waals surface area (Å²) in [5.41, 5.74) is -0.241. The quantitative estimate of drug-likeness (QED) is 0.666. The zero-order chi connectivity index (χ0) is 12.3. The zero-order valence-corrected chi connectivity index (χ0v) is 9.75. The maximum atomic E-state index is 11.6. The monoisotopic (exact) mass is 226 g/mol. The van der Waals surface area contributed by atoms with Gasteiger partial charge in [0, 0.05) is 25.7 Å². The van der Waals surface area contributed by atoms with Crippen molar-refractivity contribution in [2.75, 3.05) is 26.7 Å². The first-order valence-corrected chi connectivity index (χ1v) is 5.24. The van der Waals surface area contributed by atoms with Crippen LogP contribution in [0.25, 0.3) is 0 Å². The molecule has 1 saturated heterocycles. The fraction of sp³-hybridized carbons (Fsp3) is 0.636. The Morgan fingerprint density at radius 1 is 1.56 bits per heavy atom. The van der Waals surface area contributed by atoms with Crippen molar-refractivity contribution >= 4 is 11.9 Å². The molecule has 0 spiro atoms. The van der Waals surface area contributed by atoms with Crippen LogP contribution in [-0.2, 0) is 9.59 Å². The van der Waals surface area contributed by atoms with Crippen molar-refractivity contribution < 1.29 is 14.7 Å². The topological polar surface area (TPSA) is 69.6 Å². The van der Waals surface area contributed by atoms with Crippen LogP contribution in [0.15, 0.2) is 12.2 Å². The molecule has 0 aliphatic carbocycles. The molecule has 0 bridgehead atoms. The molecular weight excluding hydrogens is 208 g/mol. The van der Waals surface area contributed by atoms with E-state index in [9.17, 15) is 9.59 Å². The molecule has 1 fully saturated rings. The van der Waals surface area contributed by atoms with E-state index >= 15 is 0 Å². The smallest absolute Gasteiger partial charge is 0.332 e. The highest BCUT2D eigenvalue weighted by atomic mass is 16.4. The van der Waals surface area contributed by atoms with E-state index in [-0.39, 0.29) is 11.5 Å². The van der Waals surface area contributed by atoms with Gasteiger partial charge in [0.15, 0.2) is 0 Å². The van der Waals surface area contributed by atoms with Crippen LogP contribution in [0.3, 0.4) is 0 Å². The van der Waals surface area contributed by atoms with Crippen LogP contribution in [0.2, 0.25) is 0 Å². The molecule has 1 rings (SSSR count). The lowest BCUT2D eigenvalue weighted by Crippen LogP contribution is -2.39. The van der Waals surface area contributed by atoms with Gasteiger partial charge in [-0.15, -0.1) is 0 Å². The Morgan fingerprint density at radius 3 is 2.69 bits per heavy atom. The molecule has 0 aromatic rings.